The highest BCUT2D eigenvalue weighted by Crippen LogP contribution is 2.30. The molecule has 0 radical (unpaired) electrons. The highest BCUT2D eigenvalue weighted by atomic mass is 32.2. The summed E-state index contributed by atoms with van der Waals surface area (Å²) in [6, 6.07) is 6.21. The number of benzene rings is 1. The van der Waals surface area contributed by atoms with Gasteiger partial charge in [-0.1, -0.05) is 39.5 Å². The zero-order chi connectivity index (χ0) is 22.9. The second kappa shape index (κ2) is 8.72. The third-order valence-electron chi connectivity index (χ3n) is 5.33. The van der Waals surface area contributed by atoms with Crippen molar-refractivity contribution in [2.24, 2.45) is 10.5 Å². The zero-order valence-corrected chi connectivity index (χ0v) is 19.7. The van der Waals surface area contributed by atoms with Crippen molar-refractivity contribution in [1.82, 2.24) is 10.1 Å². The van der Waals surface area contributed by atoms with Crippen molar-refractivity contribution in [2.75, 3.05) is 11.5 Å². The summed E-state index contributed by atoms with van der Waals surface area (Å²) in [7, 11) is -6.78. The molecule has 0 aliphatic carbocycles. The summed E-state index contributed by atoms with van der Waals surface area (Å²) >= 11 is 0. The van der Waals surface area contributed by atoms with Crippen molar-refractivity contribution in [3.8, 4) is 0 Å². The van der Waals surface area contributed by atoms with E-state index in [1.165, 1.54) is 0 Å². The number of nitrogens with zero attached hydrogens (tertiary/aromatic N) is 1. The highest BCUT2D eigenvalue weighted by molar-refractivity contribution is 7.91. The van der Waals surface area contributed by atoms with Crippen molar-refractivity contribution in [3.05, 3.63) is 59.8 Å². The maximum atomic E-state index is 12.7. The standard InChI is InChI=1S/C22H29N3O4S2/c1-16-15-21(22(2,3)4)24-23-12-9-20(16)17-5-7-19(8-6-17)31(28,29)25-18-10-13-30(26,27)14-11-18/h5-9,12,15,18,24-25H,1,10-11,13-14H2,2-4H3/b20-9+,21-15-,23-12-. The van der Waals surface area contributed by atoms with Gasteiger partial charge in [-0.05, 0) is 53.8 Å². The summed E-state index contributed by atoms with van der Waals surface area (Å²) in [4.78, 5) is 0.142. The van der Waals surface area contributed by atoms with Crippen LogP contribution >= 0.6 is 0 Å². The minimum atomic E-state index is -3.73. The number of sulfone groups is 1. The van der Waals surface area contributed by atoms with E-state index in [0.717, 1.165) is 22.4 Å². The first-order valence-electron chi connectivity index (χ1n) is 10.1. The van der Waals surface area contributed by atoms with Gasteiger partial charge in [-0.15, -0.1) is 0 Å². The van der Waals surface area contributed by atoms with Crippen molar-refractivity contribution in [3.63, 3.8) is 0 Å². The van der Waals surface area contributed by atoms with Crippen LogP contribution in [0.5, 0.6) is 0 Å². The molecule has 0 amide bonds. The smallest absolute Gasteiger partial charge is 0.240 e. The lowest BCUT2D eigenvalue weighted by Crippen LogP contribution is -2.40. The molecule has 1 aromatic carbocycles. The Morgan fingerprint density at radius 1 is 1.13 bits per heavy atom. The first kappa shape index (κ1) is 23.4. The quantitative estimate of drug-likeness (QED) is 0.714. The monoisotopic (exact) mass is 463 g/mol. The Morgan fingerprint density at radius 3 is 2.32 bits per heavy atom. The van der Waals surface area contributed by atoms with Crippen molar-refractivity contribution in [2.45, 2.75) is 44.6 Å². The molecule has 0 saturated carbocycles. The zero-order valence-electron chi connectivity index (χ0n) is 18.1. The Kier molecular flexibility index (Phi) is 6.59. The molecular weight excluding hydrogens is 434 g/mol. The molecule has 0 bridgehead atoms. The number of hydrazone groups is 1. The summed E-state index contributed by atoms with van der Waals surface area (Å²) in [5.41, 5.74) is 6.30. The number of rotatable bonds is 4. The second-order valence-electron chi connectivity index (χ2n) is 8.88. The average Bonchev–Trinajstić information content (AvgIpc) is 2.66. The van der Waals surface area contributed by atoms with E-state index in [1.54, 1.807) is 30.5 Å². The van der Waals surface area contributed by atoms with Crippen LogP contribution in [0.25, 0.3) is 5.57 Å². The number of allylic oxidation sites excluding steroid dienone is 5. The number of nitrogens with one attached hydrogen (secondary N) is 2. The van der Waals surface area contributed by atoms with Crippen LogP contribution in [0.2, 0.25) is 0 Å². The van der Waals surface area contributed by atoms with Gasteiger partial charge in [-0.25, -0.2) is 21.6 Å². The van der Waals surface area contributed by atoms with Crippen molar-refractivity contribution >= 4 is 31.6 Å². The number of hydrogen-bond donors (Lipinski definition) is 2. The molecule has 7 nitrogen and oxygen atoms in total. The van der Waals surface area contributed by atoms with Gasteiger partial charge in [0.2, 0.25) is 10.0 Å². The van der Waals surface area contributed by atoms with Crippen LogP contribution in [0.3, 0.4) is 0 Å². The van der Waals surface area contributed by atoms with E-state index >= 15 is 0 Å². The fourth-order valence-electron chi connectivity index (χ4n) is 3.38. The molecule has 0 aromatic heterocycles. The van der Waals surface area contributed by atoms with Crippen LogP contribution in [-0.2, 0) is 19.9 Å². The largest absolute Gasteiger partial charge is 0.282 e. The molecule has 0 spiro atoms. The molecule has 31 heavy (non-hydrogen) atoms. The first-order chi connectivity index (χ1) is 14.4. The van der Waals surface area contributed by atoms with Crippen molar-refractivity contribution < 1.29 is 16.8 Å². The maximum absolute atomic E-state index is 12.7. The third-order valence-corrected chi connectivity index (χ3v) is 8.58. The van der Waals surface area contributed by atoms with E-state index in [0.29, 0.717) is 12.8 Å². The van der Waals surface area contributed by atoms with Gasteiger partial charge in [0.05, 0.1) is 16.4 Å². The normalized spacial score (nSPS) is 24.7. The summed E-state index contributed by atoms with van der Waals surface area (Å²) < 4.78 is 51.2. The maximum Gasteiger partial charge on any atom is 0.240 e. The van der Waals surface area contributed by atoms with E-state index in [1.807, 2.05) is 12.2 Å². The lowest BCUT2D eigenvalue weighted by atomic mass is 9.89. The Labute approximate surface area is 185 Å². The van der Waals surface area contributed by atoms with Gasteiger partial charge in [-0.3, -0.25) is 5.43 Å². The Bertz CT molecular complexity index is 1140. The van der Waals surface area contributed by atoms with E-state index in [2.05, 4.69) is 42.6 Å². The molecule has 0 unspecified atom stereocenters. The average molecular weight is 464 g/mol. The molecule has 2 N–H and O–H groups in total. The van der Waals surface area contributed by atoms with Gasteiger partial charge >= 0.3 is 0 Å². The summed E-state index contributed by atoms with van der Waals surface area (Å²) in [6.07, 6.45) is 6.02. The van der Waals surface area contributed by atoms with E-state index in [9.17, 15) is 16.8 Å². The topological polar surface area (TPSA) is 105 Å². The molecule has 2 heterocycles. The Morgan fingerprint density at radius 2 is 1.74 bits per heavy atom. The molecule has 168 valence electrons. The SMILES string of the molecule is C=C1/C=C(/C(C)(C)C)N/N=C\C=C/1c1ccc(S(=O)(=O)NC2CCS(=O)(=O)CC2)cc1. The Hall–Kier alpha value is -2.23. The van der Waals surface area contributed by atoms with Crippen LogP contribution in [-0.4, -0.2) is 40.6 Å². The van der Waals surface area contributed by atoms with E-state index in [4.69, 9.17) is 0 Å². The minimum absolute atomic E-state index is 0.00979. The van der Waals surface area contributed by atoms with Crippen LogP contribution in [0.4, 0.5) is 0 Å². The molecule has 9 heteroatoms. The fourth-order valence-corrected chi connectivity index (χ4v) is 6.18. The predicted octanol–water partition coefficient (Wildman–Crippen LogP) is 3.00. The fraction of sp³-hybridized carbons (Fsp3) is 0.409. The lowest BCUT2D eigenvalue weighted by Gasteiger charge is -2.24. The van der Waals surface area contributed by atoms with Crippen LogP contribution in [0.15, 0.2) is 64.3 Å². The lowest BCUT2D eigenvalue weighted by molar-refractivity contribution is 0.465. The predicted molar refractivity (Wildman–Crippen MR) is 125 cm³/mol. The van der Waals surface area contributed by atoms with Gasteiger partial charge in [0, 0.05) is 23.4 Å². The summed E-state index contributed by atoms with van der Waals surface area (Å²) in [6.45, 7) is 10.4. The van der Waals surface area contributed by atoms with Crippen LogP contribution in [0.1, 0.15) is 39.2 Å². The molecular formula is C22H29N3O4S2. The molecule has 3 rings (SSSR count). The summed E-state index contributed by atoms with van der Waals surface area (Å²) in [5, 5.41) is 4.21. The molecule has 1 fully saturated rings. The summed E-state index contributed by atoms with van der Waals surface area (Å²) in [5.74, 6) is 0.0196. The highest BCUT2D eigenvalue weighted by Gasteiger charge is 2.27. The molecule has 2 aliphatic rings. The van der Waals surface area contributed by atoms with Gasteiger partial charge < -0.3 is 0 Å². The number of sulfonamides is 1. The molecule has 0 atom stereocenters. The van der Waals surface area contributed by atoms with Crippen LogP contribution in [0, 0.1) is 5.41 Å². The third kappa shape index (κ3) is 5.93. The number of hydrogen-bond acceptors (Lipinski definition) is 6. The van der Waals surface area contributed by atoms with Gasteiger partial charge in [-0.2, -0.15) is 5.10 Å². The molecule has 1 aromatic rings. The van der Waals surface area contributed by atoms with Crippen molar-refractivity contribution in [1.29, 1.82) is 0 Å². The van der Waals surface area contributed by atoms with Crippen LogP contribution < -0.4 is 10.1 Å². The van der Waals surface area contributed by atoms with Gasteiger partial charge in [0.15, 0.2) is 0 Å². The van der Waals surface area contributed by atoms with Gasteiger partial charge in [0.1, 0.15) is 9.84 Å². The Balaban J connectivity index is 1.79. The molecule has 2 aliphatic heterocycles. The minimum Gasteiger partial charge on any atom is -0.282 e. The van der Waals surface area contributed by atoms with E-state index in [-0.39, 0.29) is 27.9 Å². The molecule has 1 saturated heterocycles. The second-order valence-corrected chi connectivity index (χ2v) is 12.9. The van der Waals surface area contributed by atoms with Gasteiger partial charge in [0.25, 0.3) is 0 Å². The first-order valence-corrected chi connectivity index (χ1v) is 13.4. The van der Waals surface area contributed by atoms with E-state index < -0.39 is 19.9 Å².